The molecular formula is C15H24O3Si. The normalized spacial score (nSPS) is 12.1. The van der Waals surface area contributed by atoms with Crippen LogP contribution < -0.4 is 9.16 Å². The maximum atomic E-state index is 10.7. The first-order valence-electron chi connectivity index (χ1n) is 6.51. The van der Waals surface area contributed by atoms with Crippen molar-refractivity contribution in [1.29, 1.82) is 0 Å². The van der Waals surface area contributed by atoms with Crippen LogP contribution in [0.15, 0.2) is 18.2 Å². The molecule has 106 valence electrons. The summed E-state index contributed by atoms with van der Waals surface area (Å²) < 4.78 is 11.7. The zero-order valence-electron chi connectivity index (χ0n) is 12.7. The number of para-hydroxylation sites is 1. The van der Waals surface area contributed by atoms with Gasteiger partial charge in [0.1, 0.15) is 12.0 Å². The Morgan fingerprint density at radius 2 is 1.89 bits per heavy atom. The molecule has 0 fully saturated rings. The highest BCUT2D eigenvalue weighted by Crippen LogP contribution is 2.40. The molecule has 1 rings (SSSR count). The van der Waals surface area contributed by atoms with Crippen LogP contribution >= 0.6 is 0 Å². The number of methoxy groups -OCH3 is 1. The summed E-state index contributed by atoms with van der Waals surface area (Å²) in [5.41, 5.74) is 0.869. The van der Waals surface area contributed by atoms with Gasteiger partial charge in [0.25, 0.3) is 8.32 Å². The van der Waals surface area contributed by atoms with Crippen LogP contribution in [0.5, 0.6) is 11.5 Å². The van der Waals surface area contributed by atoms with Crippen LogP contribution in [-0.2, 0) is 11.2 Å². The Hall–Kier alpha value is -1.29. The molecule has 1 aromatic carbocycles. The fraction of sp³-hybridized carbons (Fsp3) is 0.533. The molecule has 0 saturated heterocycles. The SMILES string of the molecule is COc1c(CC=O)cccc1O[Si](C)(C)C(C)(C)C. The summed E-state index contributed by atoms with van der Waals surface area (Å²) in [6, 6.07) is 5.71. The highest BCUT2D eigenvalue weighted by molar-refractivity contribution is 6.74. The lowest BCUT2D eigenvalue weighted by Gasteiger charge is -2.37. The van der Waals surface area contributed by atoms with Gasteiger partial charge in [0.15, 0.2) is 5.75 Å². The van der Waals surface area contributed by atoms with E-state index in [1.807, 2.05) is 18.2 Å². The smallest absolute Gasteiger partial charge is 0.250 e. The Kier molecular flexibility index (Phi) is 4.79. The summed E-state index contributed by atoms with van der Waals surface area (Å²) in [4.78, 5) is 10.7. The van der Waals surface area contributed by atoms with Crippen molar-refractivity contribution in [2.75, 3.05) is 7.11 Å². The fourth-order valence-electron chi connectivity index (χ4n) is 1.55. The van der Waals surface area contributed by atoms with Crippen molar-refractivity contribution in [1.82, 2.24) is 0 Å². The van der Waals surface area contributed by atoms with E-state index in [4.69, 9.17) is 9.16 Å². The molecule has 0 saturated carbocycles. The van der Waals surface area contributed by atoms with Crippen molar-refractivity contribution in [3.8, 4) is 11.5 Å². The van der Waals surface area contributed by atoms with Gasteiger partial charge in [0.2, 0.25) is 0 Å². The van der Waals surface area contributed by atoms with Crippen LogP contribution in [0.3, 0.4) is 0 Å². The van der Waals surface area contributed by atoms with E-state index in [9.17, 15) is 4.79 Å². The molecule has 0 N–H and O–H groups in total. The molecule has 0 aliphatic heterocycles. The summed E-state index contributed by atoms with van der Waals surface area (Å²) in [6.07, 6.45) is 1.23. The lowest BCUT2D eigenvalue weighted by atomic mass is 10.1. The van der Waals surface area contributed by atoms with Gasteiger partial charge in [-0.3, -0.25) is 0 Å². The number of benzene rings is 1. The Morgan fingerprint density at radius 3 is 2.37 bits per heavy atom. The van der Waals surface area contributed by atoms with Gasteiger partial charge in [-0.25, -0.2) is 0 Å². The van der Waals surface area contributed by atoms with E-state index in [1.54, 1.807) is 7.11 Å². The van der Waals surface area contributed by atoms with Gasteiger partial charge in [0.05, 0.1) is 7.11 Å². The lowest BCUT2D eigenvalue weighted by molar-refractivity contribution is -0.107. The summed E-state index contributed by atoms with van der Waals surface area (Å²) in [5.74, 6) is 1.42. The largest absolute Gasteiger partial charge is 0.541 e. The zero-order chi connectivity index (χ0) is 14.7. The standard InChI is InChI=1S/C15H24O3Si/c1-15(2,3)19(5,6)18-13-9-7-8-12(10-11-16)14(13)17-4/h7-9,11H,10H2,1-6H3. The Bertz CT molecular complexity index is 447. The number of rotatable bonds is 5. The summed E-state index contributed by atoms with van der Waals surface area (Å²) in [6.45, 7) is 11.0. The molecule has 0 atom stereocenters. The molecule has 1 aromatic rings. The van der Waals surface area contributed by atoms with Crippen LogP contribution in [0.1, 0.15) is 26.3 Å². The summed E-state index contributed by atoms with van der Waals surface area (Å²) in [7, 11) is -0.294. The molecule has 0 aromatic heterocycles. The monoisotopic (exact) mass is 280 g/mol. The van der Waals surface area contributed by atoms with E-state index < -0.39 is 8.32 Å². The number of hydrogen-bond acceptors (Lipinski definition) is 3. The van der Waals surface area contributed by atoms with E-state index in [0.29, 0.717) is 12.2 Å². The number of aldehydes is 1. The molecule has 0 spiro atoms. The predicted molar refractivity (Wildman–Crippen MR) is 80.6 cm³/mol. The van der Waals surface area contributed by atoms with Crippen molar-refractivity contribution < 1.29 is 14.0 Å². The Morgan fingerprint density at radius 1 is 1.26 bits per heavy atom. The molecular weight excluding hydrogens is 256 g/mol. The number of hydrogen-bond donors (Lipinski definition) is 0. The molecule has 0 heterocycles. The molecule has 0 unspecified atom stereocenters. The van der Waals surface area contributed by atoms with E-state index in [0.717, 1.165) is 17.6 Å². The van der Waals surface area contributed by atoms with Gasteiger partial charge >= 0.3 is 0 Å². The van der Waals surface area contributed by atoms with Crippen molar-refractivity contribution in [3.05, 3.63) is 23.8 Å². The predicted octanol–water partition coefficient (Wildman–Crippen LogP) is 3.82. The van der Waals surface area contributed by atoms with Crippen LogP contribution in [0.4, 0.5) is 0 Å². The maximum absolute atomic E-state index is 10.7. The van der Waals surface area contributed by atoms with E-state index in [-0.39, 0.29) is 5.04 Å². The van der Waals surface area contributed by atoms with Crippen molar-refractivity contribution in [3.63, 3.8) is 0 Å². The van der Waals surface area contributed by atoms with E-state index >= 15 is 0 Å². The molecule has 3 nitrogen and oxygen atoms in total. The highest BCUT2D eigenvalue weighted by atomic mass is 28.4. The first kappa shape index (κ1) is 15.8. The average molecular weight is 280 g/mol. The Balaban J connectivity index is 3.14. The van der Waals surface area contributed by atoms with Gasteiger partial charge in [0, 0.05) is 12.0 Å². The minimum absolute atomic E-state index is 0.124. The van der Waals surface area contributed by atoms with Crippen LogP contribution in [-0.4, -0.2) is 21.7 Å². The average Bonchev–Trinajstić information content (AvgIpc) is 2.28. The minimum Gasteiger partial charge on any atom is -0.541 e. The lowest BCUT2D eigenvalue weighted by Crippen LogP contribution is -2.43. The van der Waals surface area contributed by atoms with E-state index in [1.165, 1.54) is 0 Å². The summed E-state index contributed by atoms with van der Waals surface area (Å²) >= 11 is 0. The third-order valence-electron chi connectivity index (χ3n) is 3.74. The zero-order valence-corrected chi connectivity index (χ0v) is 13.7. The molecule has 4 heteroatoms. The van der Waals surface area contributed by atoms with Gasteiger partial charge in [-0.15, -0.1) is 0 Å². The third kappa shape index (κ3) is 3.59. The molecule has 0 aliphatic carbocycles. The van der Waals surface area contributed by atoms with Gasteiger partial charge < -0.3 is 14.0 Å². The second-order valence-electron chi connectivity index (χ2n) is 6.18. The van der Waals surface area contributed by atoms with Crippen LogP contribution in [0.25, 0.3) is 0 Å². The number of carbonyl (C=O) groups excluding carboxylic acids is 1. The van der Waals surface area contributed by atoms with Gasteiger partial charge in [-0.2, -0.15) is 0 Å². The second kappa shape index (κ2) is 5.78. The van der Waals surface area contributed by atoms with Gasteiger partial charge in [-0.1, -0.05) is 32.9 Å². The van der Waals surface area contributed by atoms with Gasteiger partial charge in [-0.05, 0) is 24.2 Å². The fourth-order valence-corrected chi connectivity index (χ4v) is 2.57. The molecule has 0 aliphatic rings. The number of carbonyl (C=O) groups is 1. The third-order valence-corrected chi connectivity index (χ3v) is 8.08. The second-order valence-corrected chi connectivity index (χ2v) is 10.9. The molecule has 0 bridgehead atoms. The Labute approximate surface area is 117 Å². The molecule has 0 amide bonds. The minimum atomic E-state index is -1.91. The summed E-state index contributed by atoms with van der Waals surface area (Å²) in [5, 5.41) is 0.124. The van der Waals surface area contributed by atoms with E-state index in [2.05, 4.69) is 33.9 Å². The van der Waals surface area contributed by atoms with Crippen LogP contribution in [0, 0.1) is 0 Å². The quantitative estimate of drug-likeness (QED) is 0.607. The highest BCUT2D eigenvalue weighted by Gasteiger charge is 2.39. The molecule has 19 heavy (non-hydrogen) atoms. The first-order valence-corrected chi connectivity index (χ1v) is 9.42. The molecule has 0 radical (unpaired) electrons. The van der Waals surface area contributed by atoms with Crippen molar-refractivity contribution >= 4 is 14.6 Å². The van der Waals surface area contributed by atoms with Crippen molar-refractivity contribution in [2.45, 2.75) is 45.3 Å². The van der Waals surface area contributed by atoms with Crippen LogP contribution in [0.2, 0.25) is 18.1 Å². The topological polar surface area (TPSA) is 35.5 Å². The first-order chi connectivity index (χ1) is 8.73. The van der Waals surface area contributed by atoms with Crippen molar-refractivity contribution in [2.24, 2.45) is 0 Å². The number of ether oxygens (including phenoxy) is 1. The maximum Gasteiger partial charge on any atom is 0.250 e.